The van der Waals surface area contributed by atoms with E-state index in [1.165, 1.54) is 0 Å². The Morgan fingerprint density at radius 1 is 0.957 bits per heavy atom. The Balaban J connectivity index is 1.50. The smallest absolute Gasteiger partial charge is 0.266 e. The first-order chi connectivity index (χ1) is 22.4. The molecule has 5 rings (SSSR count). The monoisotopic (exact) mass is 751 g/mol. The van der Waals surface area contributed by atoms with Gasteiger partial charge in [0.2, 0.25) is 5.90 Å². The molecule has 0 aliphatic carbocycles. The SMILES string of the molecule is COc1ccc(CNNC(=O)[C@@]2(Cc3ccccc3Br)N=C(c3ccc(OCCCO)cc3)O[C@H]2c2ccc(Br)cc2)cc1OC. The Kier molecular flexibility index (Phi) is 11.3. The lowest BCUT2D eigenvalue weighted by Crippen LogP contribution is -2.53. The van der Waals surface area contributed by atoms with Crippen LogP contribution in [-0.2, 0) is 22.5 Å². The third kappa shape index (κ3) is 7.72. The molecule has 1 heterocycles. The van der Waals surface area contributed by atoms with Gasteiger partial charge in [-0.1, -0.05) is 68.3 Å². The quantitative estimate of drug-likeness (QED) is 0.102. The van der Waals surface area contributed by atoms with Crippen molar-refractivity contribution in [2.75, 3.05) is 27.4 Å². The molecule has 0 bridgehead atoms. The summed E-state index contributed by atoms with van der Waals surface area (Å²) in [5.74, 6) is 1.87. The molecule has 0 radical (unpaired) electrons. The van der Waals surface area contributed by atoms with Crippen molar-refractivity contribution in [2.24, 2.45) is 4.99 Å². The molecule has 0 aromatic heterocycles. The van der Waals surface area contributed by atoms with Crippen molar-refractivity contribution in [3.8, 4) is 17.2 Å². The number of rotatable bonds is 14. The van der Waals surface area contributed by atoms with E-state index in [2.05, 4.69) is 42.7 Å². The van der Waals surface area contributed by atoms with Gasteiger partial charge >= 0.3 is 0 Å². The summed E-state index contributed by atoms with van der Waals surface area (Å²) < 4.78 is 24.9. The maximum absolute atomic E-state index is 14.5. The second kappa shape index (κ2) is 15.6. The van der Waals surface area contributed by atoms with Crippen LogP contribution in [0.1, 0.15) is 34.8 Å². The number of benzene rings is 4. The second-order valence-electron chi connectivity index (χ2n) is 10.6. The zero-order valence-corrected chi connectivity index (χ0v) is 28.6. The number of ether oxygens (including phenoxy) is 4. The molecule has 3 N–H and O–H groups in total. The number of aliphatic imine (C=N–C) groups is 1. The highest BCUT2D eigenvalue weighted by molar-refractivity contribution is 9.10. The van der Waals surface area contributed by atoms with Crippen molar-refractivity contribution in [1.82, 2.24) is 10.9 Å². The minimum Gasteiger partial charge on any atom is -0.494 e. The number of hydrazine groups is 1. The normalized spacial score (nSPS) is 17.2. The van der Waals surface area contributed by atoms with Crippen LogP contribution in [0.3, 0.4) is 0 Å². The number of hydrogen-bond acceptors (Lipinski definition) is 8. The summed E-state index contributed by atoms with van der Waals surface area (Å²) in [6.45, 7) is 0.796. The fourth-order valence-electron chi connectivity index (χ4n) is 5.18. The highest BCUT2D eigenvalue weighted by Gasteiger charge is 2.53. The minimum absolute atomic E-state index is 0.0605. The molecule has 46 heavy (non-hydrogen) atoms. The molecule has 1 aliphatic heterocycles. The van der Waals surface area contributed by atoms with Crippen LogP contribution in [0.2, 0.25) is 0 Å². The molecule has 240 valence electrons. The molecule has 0 saturated heterocycles. The number of nitrogens with zero attached hydrogens (tertiary/aromatic N) is 1. The molecule has 1 aliphatic rings. The van der Waals surface area contributed by atoms with Crippen molar-refractivity contribution in [1.29, 1.82) is 0 Å². The van der Waals surface area contributed by atoms with Crippen LogP contribution < -0.4 is 25.1 Å². The summed E-state index contributed by atoms with van der Waals surface area (Å²) in [7, 11) is 3.17. The Morgan fingerprint density at radius 3 is 2.39 bits per heavy atom. The van der Waals surface area contributed by atoms with Crippen LogP contribution in [0.4, 0.5) is 0 Å². The lowest BCUT2D eigenvalue weighted by Gasteiger charge is -2.31. The maximum Gasteiger partial charge on any atom is 0.266 e. The van der Waals surface area contributed by atoms with Gasteiger partial charge in [0.1, 0.15) is 5.75 Å². The van der Waals surface area contributed by atoms with E-state index >= 15 is 0 Å². The van der Waals surface area contributed by atoms with Gasteiger partial charge in [0.25, 0.3) is 5.91 Å². The van der Waals surface area contributed by atoms with Crippen LogP contribution in [-0.4, -0.2) is 49.9 Å². The number of carbonyl (C=O) groups excluding carboxylic acids is 1. The van der Waals surface area contributed by atoms with Crippen molar-refractivity contribution in [3.05, 3.63) is 122 Å². The average Bonchev–Trinajstić information content (AvgIpc) is 3.47. The van der Waals surface area contributed by atoms with Gasteiger partial charge in [0.15, 0.2) is 23.1 Å². The van der Waals surface area contributed by atoms with E-state index in [-0.39, 0.29) is 18.9 Å². The van der Waals surface area contributed by atoms with E-state index in [1.807, 2.05) is 91.0 Å². The first-order valence-corrected chi connectivity index (χ1v) is 16.3. The number of nitrogens with one attached hydrogen (secondary N) is 2. The predicted molar refractivity (Wildman–Crippen MR) is 183 cm³/mol. The fraction of sp³-hybridized carbons (Fsp3) is 0.257. The van der Waals surface area contributed by atoms with Crippen LogP contribution in [0.25, 0.3) is 0 Å². The van der Waals surface area contributed by atoms with E-state index in [0.717, 1.165) is 25.6 Å². The van der Waals surface area contributed by atoms with Crippen LogP contribution in [0.15, 0.2) is 105 Å². The molecule has 9 nitrogen and oxygen atoms in total. The summed E-state index contributed by atoms with van der Waals surface area (Å²) in [6.07, 6.45) is 0.0513. The minimum atomic E-state index is -1.38. The maximum atomic E-state index is 14.5. The first-order valence-electron chi connectivity index (χ1n) is 14.7. The van der Waals surface area contributed by atoms with Gasteiger partial charge in [0.05, 0.1) is 20.8 Å². The van der Waals surface area contributed by atoms with Crippen LogP contribution >= 0.6 is 31.9 Å². The van der Waals surface area contributed by atoms with Crippen molar-refractivity contribution in [3.63, 3.8) is 0 Å². The zero-order valence-electron chi connectivity index (χ0n) is 25.5. The summed E-state index contributed by atoms with van der Waals surface area (Å²) in [6, 6.07) is 28.4. The van der Waals surface area contributed by atoms with Gasteiger partial charge in [0, 0.05) is 40.5 Å². The molecule has 4 aromatic carbocycles. The van der Waals surface area contributed by atoms with Gasteiger partial charge in [-0.3, -0.25) is 10.2 Å². The van der Waals surface area contributed by atoms with Gasteiger partial charge in [-0.25, -0.2) is 10.4 Å². The molecule has 11 heteroatoms. The van der Waals surface area contributed by atoms with Crippen molar-refractivity contribution < 1.29 is 28.8 Å². The Labute approximate surface area is 285 Å². The van der Waals surface area contributed by atoms with Gasteiger partial charge < -0.3 is 24.1 Å². The molecule has 2 atom stereocenters. The summed E-state index contributed by atoms with van der Waals surface area (Å²) in [5, 5.41) is 9.07. The largest absolute Gasteiger partial charge is 0.494 e. The lowest BCUT2D eigenvalue weighted by atomic mass is 9.82. The molecule has 0 unspecified atom stereocenters. The van der Waals surface area contributed by atoms with E-state index in [1.54, 1.807) is 14.2 Å². The third-order valence-corrected chi connectivity index (χ3v) is 8.87. The number of hydrogen-bond donors (Lipinski definition) is 3. The van der Waals surface area contributed by atoms with E-state index in [0.29, 0.717) is 48.3 Å². The van der Waals surface area contributed by atoms with Crippen molar-refractivity contribution >= 4 is 43.7 Å². The topological polar surface area (TPSA) is 111 Å². The average molecular weight is 753 g/mol. The van der Waals surface area contributed by atoms with E-state index in [4.69, 9.17) is 29.0 Å². The summed E-state index contributed by atoms with van der Waals surface area (Å²) in [4.78, 5) is 19.5. The zero-order chi connectivity index (χ0) is 32.5. The standard InChI is InChI=1S/C35H35Br2N3O6/c1-43-30-17-8-23(20-31(30)44-2)22-38-40-34(42)35(21-26-6-3-4-7-29(26)37)32(24-9-13-27(36)14-10-24)46-33(39-35)25-11-15-28(16-12-25)45-19-5-18-41/h3-4,6-17,20,32,38,41H,5,18-19,21-22H2,1-2H3,(H,40,42)/t32-,35-/m0/s1. The molecule has 1 amide bonds. The number of aliphatic hydroxyl groups excluding tert-OH is 1. The van der Waals surface area contributed by atoms with Gasteiger partial charge in [-0.2, -0.15) is 0 Å². The molecule has 4 aromatic rings. The number of carbonyl (C=O) groups is 1. The number of aliphatic hydroxyl groups is 1. The predicted octanol–water partition coefficient (Wildman–Crippen LogP) is 6.31. The Hall–Kier alpha value is -3.90. The molecular formula is C35H35Br2N3O6. The number of amides is 1. The van der Waals surface area contributed by atoms with Crippen LogP contribution in [0, 0.1) is 0 Å². The van der Waals surface area contributed by atoms with Gasteiger partial charge in [-0.05, 0) is 71.3 Å². The Bertz CT molecular complexity index is 1670. The lowest BCUT2D eigenvalue weighted by molar-refractivity contribution is -0.130. The molecule has 0 spiro atoms. The Morgan fingerprint density at radius 2 is 1.70 bits per heavy atom. The molecule has 0 saturated carbocycles. The summed E-state index contributed by atoms with van der Waals surface area (Å²) >= 11 is 7.19. The second-order valence-corrected chi connectivity index (χ2v) is 12.4. The fourth-order valence-corrected chi connectivity index (χ4v) is 5.87. The van der Waals surface area contributed by atoms with Gasteiger partial charge in [-0.15, -0.1) is 0 Å². The van der Waals surface area contributed by atoms with E-state index < -0.39 is 11.6 Å². The van der Waals surface area contributed by atoms with E-state index in [9.17, 15) is 4.79 Å². The summed E-state index contributed by atoms with van der Waals surface area (Å²) in [5.41, 5.74) is 7.92. The highest BCUT2D eigenvalue weighted by atomic mass is 79.9. The molecule has 0 fully saturated rings. The number of halogens is 2. The molecular weight excluding hydrogens is 718 g/mol. The van der Waals surface area contributed by atoms with Crippen LogP contribution in [0.5, 0.6) is 17.2 Å². The third-order valence-electron chi connectivity index (χ3n) is 7.56. The number of methoxy groups -OCH3 is 2. The highest BCUT2D eigenvalue weighted by Crippen LogP contribution is 2.43. The first kappa shape index (κ1) is 33.5. The van der Waals surface area contributed by atoms with Crippen molar-refractivity contribution in [2.45, 2.75) is 31.0 Å².